The lowest BCUT2D eigenvalue weighted by Gasteiger charge is -2.36. The van der Waals surface area contributed by atoms with Gasteiger partial charge in [-0.25, -0.2) is 9.79 Å². The summed E-state index contributed by atoms with van der Waals surface area (Å²) in [5.41, 5.74) is 7.15. The second kappa shape index (κ2) is 9.43. The van der Waals surface area contributed by atoms with E-state index in [0.29, 0.717) is 50.8 Å². The largest absolute Gasteiger partial charge is 0.444 e. The van der Waals surface area contributed by atoms with E-state index in [9.17, 15) is 9.59 Å². The van der Waals surface area contributed by atoms with Crippen LogP contribution in [0.4, 0.5) is 4.79 Å². The number of benzene rings is 1. The third-order valence-corrected chi connectivity index (χ3v) is 4.21. The number of nitrogens with one attached hydrogen (secondary N) is 1. The number of carbonyl (C=O) groups excluding carboxylic acids is 2. The predicted molar refractivity (Wildman–Crippen MR) is 109 cm³/mol. The molecule has 1 aromatic rings. The SMILES string of the molecule is CCNC(=O)c1cccc(CN=C(N)N2CCN(C(=O)OC(C)(C)C)CC2)c1. The molecule has 0 spiro atoms. The van der Waals surface area contributed by atoms with Crippen molar-refractivity contribution in [2.45, 2.75) is 39.8 Å². The van der Waals surface area contributed by atoms with E-state index in [0.717, 1.165) is 5.56 Å². The Hall–Kier alpha value is -2.77. The molecule has 0 unspecified atom stereocenters. The van der Waals surface area contributed by atoms with Gasteiger partial charge in [0.1, 0.15) is 5.60 Å². The molecule has 0 aliphatic carbocycles. The molecule has 0 aromatic heterocycles. The highest BCUT2D eigenvalue weighted by molar-refractivity contribution is 5.94. The normalized spacial score (nSPS) is 15.4. The van der Waals surface area contributed by atoms with Gasteiger partial charge in [0.25, 0.3) is 5.91 Å². The number of piperazine rings is 1. The summed E-state index contributed by atoms with van der Waals surface area (Å²) in [4.78, 5) is 32.1. The molecule has 1 aliphatic heterocycles. The minimum Gasteiger partial charge on any atom is -0.444 e. The maximum atomic E-state index is 12.1. The van der Waals surface area contributed by atoms with Crippen molar-refractivity contribution in [1.29, 1.82) is 0 Å². The molecule has 0 atom stereocenters. The van der Waals surface area contributed by atoms with Gasteiger partial charge in [0.15, 0.2) is 5.96 Å². The van der Waals surface area contributed by atoms with Gasteiger partial charge in [-0.15, -0.1) is 0 Å². The molecule has 154 valence electrons. The third-order valence-electron chi connectivity index (χ3n) is 4.21. The first-order chi connectivity index (χ1) is 13.2. The van der Waals surface area contributed by atoms with Crippen LogP contribution >= 0.6 is 0 Å². The van der Waals surface area contributed by atoms with Gasteiger partial charge in [0, 0.05) is 38.3 Å². The molecule has 1 heterocycles. The first-order valence-electron chi connectivity index (χ1n) is 9.59. The Morgan fingerprint density at radius 2 is 1.82 bits per heavy atom. The second-order valence-electron chi connectivity index (χ2n) is 7.69. The maximum absolute atomic E-state index is 12.1. The van der Waals surface area contributed by atoms with Gasteiger partial charge in [0.05, 0.1) is 6.54 Å². The summed E-state index contributed by atoms with van der Waals surface area (Å²) in [6.07, 6.45) is -0.301. The molecule has 2 amide bonds. The smallest absolute Gasteiger partial charge is 0.410 e. The van der Waals surface area contributed by atoms with Crippen LogP contribution in [0.1, 0.15) is 43.6 Å². The quantitative estimate of drug-likeness (QED) is 0.604. The van der Waals surface area contributed by atoms with E-state index in [2.05, 4.69) is 10.3 Å². The minimum absolute atomic E-state index is 0.0976. The average molecular weight is 390 g/mol. The second-order valence-corrected chi connectivity index (χ2v) is 7.69. The molecule has 8 heteroatoms. The summed E-state index contributed by atoms with van der Waals surface area (Å²) in [7, 11) is 0. The van der Waals surface area contributed by atoms with E-state index in [1.807, 2.05) is 50.8 Å². The minimum atomic E-state index is -0.503. The van der Waals surface area contributed by atoms with Gasteiger partial charge >= 0.3 is 6.09 Å². The van der Waals surface area contributed by atoms with Crippen molar-refractivity contribution in [3.63, 3.8) is 0 Å². The van der Waals surface area contributed by atoms with Crippen LogP contribution in [0.2, 0.25) is 0 Å². The van der Waals surface area contributed by atoms with Crippen LogP contribution in [0.3, 0.4) is 0 Å². The number of carbonyl (C=O) groups is 2. The van der Waals surface area contributed by atoms with Crippen LogP contribution < -0.4 is 11.1 Å². The van der Waals surface area contributed by atoms with E-state index in [-0.39, 0.29) is 12.0 Å². The molecule has 0 saturated carbocycles. The number of hydrogen-bond acceptors (Lipinski definition) is 4. The highest BCUT2D eigenvalue weighted by Crippen LogP contribution is 2.12. The van der Waals surface area contributed by atoms with Gasteiger partial charge in [-0.3, -0.25) is 4.79 Å². The number of aliphatic imine (C=N–C) groups is 1. The van der Waals surface area contributed by atoms with E-state index in [1.165, 1.54) is 0 Å². The van der Waals surface area contributed by atoms with Gasteiger partial charge in [-0.2, -0.15) is 0 Å². The van der Waals surface area contributed by atoms with Crippen molar-refractivity contribution >= 4 is 18.0 Å². The molecule has 3 N–H and O–H groups in total. The van der Waals surface area contributed by atoms with Crippen molar-refractivity contribution in [3.05, 3.63) is 35.4 Å². The number of hydrogen-bond donors (Lipinski definition) is 2. The molecular weight excluding hydrogens is 358 g/mol. The molecule has 8 nitrogen and oxygen atoms in total. The lowest BCUT2D eigenvalue weighted by Crippen LogP contribution is -2.53. The monoisotopic (exact) mass is 389 g/mol. The highest BCUT2D eigenvalue weighted by Gasteiger charge is 2.26. The number of nitrogens with two attached hydrogens (primary N) is 1. The summed E-state index contributed by atoms with van der Waals surface area (Å²) < 4.78 is 5.40. The standard InChI is InChI=1S/C20H31N5O3/c1-5-22-17(26)16-8-6-7-15(13-16)14-23-18(21)24-9-11-25(12-10-24)19(27)28-20(2,3)4/h6-8,13H,5,9-12,14H2,1-4H3,(H2,21,23)(H,22,26). The average Bonchev–Trinajstić information content (AvgIpc) is 2.65. The Balaban J connectivity index is 1.89. The number of nitrogens with zero attached hydrogens (tertiary/aromatic N) is 3. The van der Waals surface area contributed by atoms with Gasteiger partial charge < -0.3 is 25.6 Å². The topological polar surface area (TPSA) is 100 Å². The Morgan fingerprint density at radius 3 is 2.43 bits per heavy atom. The molecule has 0 bridgehead atoms. The number of guanidine groups is 1. The summed E-state index contributed by atoms with van der Waals surface area (Å²) >= 11 is 0. The van der Waals surface area contributed by atoms with Gasteiger partial charge in [0.2, 0.25) is 0 Å². The lowest BCUT2D eigenvalue weighted by atomic mass is 10.1. The number of amides is 2. The fraction of sp³-hybridized carbons (Fsp3) is 0.550. The Labute approximate surface area is 166 Å². The lowest BCUT2D eigenvalue weighted by molar-refractivity contribution is 0.0186. The van der Waals surface area contributed by atoms with Crippen molar-refractivity contribution in [2.24, 2.45) is 10.7 Å². The molecule has 1 aliphatic rings. The van der Waals surface area contributed by atoms with Crippen LogP contribution in [-0.2, 0) is 11.3 Å². The Bertz CT molecular complexity index is 719. The van der Waals surface area contributed by atoms with Crippen molar-refractivity contribution in [3.8, 4) is 0 Å². The number of rotatable bonds is 4. The van der Waals surface area contributed by atoms with Crippen molar-refractivity contribution < 1.29 is 14.3 Å². The summed E-state index contributed by atoms with van der Waals surface area (Å²) in [6, 6.07) is 7.35. The highest BCUT2D eigenvalue weighted by atomic mass is 16.6. The van der Waals surface area contributed by atoms with Crippen LogP contribution in [-0.4, -0.2) is 66.1 Å². The molecule has 2 rings (SSSR count). The maximum Gasteiger partial charge on any atom is 0.410 e. The van der Waals surface area contributed by atoms with Gasteiger partial charge in [-0.1, -0.05) is 12.1 Å². The first-order valence-corrected chi connectivity index (χ1v) is 9.59. The van der Waals surface area contributed by atoms with Crippen LogP contribution in [0.25, 0.3) is 0 Å². The fourth-order valence-corrected chi connectivity index (χ4v) is 2.79. The summed E-state index contributed by atoms with van der Waals surface area (Å²) in [6.45, 7) is 10.7. The van der Waals surface area contributed by atoms with Crippen LogP contribution in [0.5, 0.6) is 0 Å². The molecule has 0 radical (unpaired) electrons. The molecular formula is C20H31N5O3. The fourth-order valence-electron chi connectivity index (χ4n) is 2.79. The molecule has 1 saturated heterocycles. The van der Waals surface area contributed by atoms with E-state index in [4.69, 9.17) is 10.5 Å². The van der Waals surface area contributed by atoms with Crippen molar-refractivity contribution in [2.75, 3.05) is 32.7 Å². The zero-order chi connectivity index (χ0) is 20.7. The van der Waals surface area contributed by atoms with Crippen LogP contribution in [0, 0.1) is 0 Å². The Morgan fingerprint density at radius 1 is 1.18 bits per heavy atom. The summed E-state index contributed by atoms with van der Waals surface area (Å²) in [5.74, 6) is 0.340. The third kappa shape index (κ3) is 6.44. The molecule has 28 heavy (non-hydrogen) atoms. The van der Waals surface area contributed by atoms with E-state index >= 15 is 0 Å². The van der Waals surface area contributed by atoms with Gasteiger partial charge in [-0.05, 0) is 45.4 Å². The van der Waals surface area contributed by atoms with Crippen molar-refractivity contribution in [1.82, 2.24) is 15.1 Å². The summed E-state index contributed by atoms with van der Waals surface area (Å²) in [5, 5.41) is 2.78. The zero-order valence-electron chi connectivity index (χ0n) is 17.2. The van der Waals surface area contributed by atoms with E-state index < -0.39 is 5.60 Å². The first kappa shape index (κ1) is 21.5. The zero-order valence-corrected chi connectivity index (χ0v) is 17.2. The molecule has 1 fully saturated rings. The Kier molecular flexibility index (Phi) is 7.25. The van der Waals surface area contributed by atoms with E-state index in [1.54, 1.807) is 11.0 Å². The number of ether oxygens (including phenoxy) is 1. The van der Waals surface area contributed by atoms with Crippen LogP contribution in [0.15, 0.2) is 29.3 Å². The molecule has 1 aromatic carbocycles. The predicted octanol–water partition coefficient (Wildman–Crippen LogP) is 1.80.